The van der Waals surface area contributed by atoms with E-state index >= 15 is 0 Å². The van der Waals surface area contributed by atoms with Crippen molar-refractivity contribution in [1.82, 2.24) is 20.2 Å². The van der Waals surface area contributed by atoms with Crippen LogP contribution in [0.25, 0.3) is 11.0 Å². The van der Waals surface area contributed by atoms with Gasteiger partial charge in [0.1, 0.15) is 5.82 Å². The van der Waals surface area contributed by atoms with Crippen LogP contribution in [0.3, 0.4) is 0 Å². The molecule has 1 heterocycles. The third-order valence-corrected chi connectivity index (χ3v) is 4.75. The van der Waals surface area contributed by atoms with Gasteiger partial charge < -0.3 is 19.9 Å². The van der Waals surface area contributed by atoms with E-state index in [-0.39, 0.29) is 5.97 Å². The van der Waals surface area contributed by atoms with Gasteiger partial charge in [0, 0.05) is 26.7 Å². The van der Waals surface area contributed by atoms with Gasteiger partial charge in [-0.15, -0.1) is 0 Å². The van der Waals surface area contributed by atoms with Gasteiger partial charge in [0.25, 0.3) is 0 Å². The van der Waals surface area contributed by atoms with Crippen molar-refractivity contribution in [1.29, 1.82) is 0 Å². The molecule has 0 amide bonds. The Balaban J connectivity index is 1.46. The number of fused-ring (bicyclic) bond motifs is 1. The fourth-order valence-electron chi connectivity index (χ4n) is 3.21. The second-order valence-corrected chi connectivity index (χ2v) is 6.69. The zero-order valence-corrected chi connectivity index (χ0v) is 17.1. The highest BCUT2D eigenvalue weighted by atomic mass is 16.5. The lowest BCUT2D eigenvalue weighted by atomic mass is 10.1. The molecule has 3 aromatic rings. The Kier molecular flexibility index (Phi) is 6.84. The number of ether oxygens (including phenoxy) is 1. The van der Waals surface area contributed by atoms with Crippen LogP contribution in [0.4, 0.5) is 0 Å². The number of hydrogen-bond donors (Lipinski definition) is 2. The number of nitrogens with zero attached hydrogens (tertiary/aromatic N) is 3. The molecule has 152 valence electrons. The summed E-state index contributed by atoms with van der Waals surface area (Å²) in [5.74, 6) is 1.45. The highest BCUT2D eigenvalue weighted by Crippen LogP contribution is 2.15. The number of imidazole rings is 1. The van der Waals surface area contributed by atoms with Crippen LogP contribution >= 0.6 is 0 Å². The molecule has 1 aromatic heterocycles. The molecule has 7 heteroatoms. The molecule has 0 saturated carbocycles. The van der Waals surface area contributed by atoms with E-state index in [0.717, 1.165) is 42.4 Å². The quantitative estimate of drug-likeness (QED) is 0.279. The van der Waals surface area contributed by atoms with Gasteiger partial charge in [-0.3, -0.25) is 4.99 Å². The van der Waals surface area contributed by atoms with Gasteiger partial charge in [-0.1, -0.05) is 24.3 Å². The van der Waals surface area contributed by atoms with E-state index in [4.69, 9.17) is 4.74 Å². The molecule has 0 bridgehead atoms. The van der Waals surface area contributed by atoms with E-state index in [0.29, 0.717) is 12.1 Å². The molecule has 0 spiro atoms. The molecule has 0 unspecified atom stereocenters. The van der Waals surface area contributed by atoms with Crippen LogP contribution in [0.2, 0.25) is 0 Å². The van der Waals surface area contributed by atoms with Crippen molar-refractivity contribution in [2.24, 2.45) is 4.99 Å². The predicted molar refractivity (Wildman–Crippen MR) is 115 cm³/mol. The zero-order chi connectivity index (χ0) is 20.6. The van der Waals surface area contributed by atoms with Gasteiger partial charge in [0.2, 0.25) is 0 Å². The first kappa shape index (κ1) is 20.4. The van der Waals surface area contributed by atoms with Gasteiger partial charge in [0.15, 0.2) is 5.96 Å². The second-order valence-electron chi connectivity index (χ2n) is 6.69. The maximum atomic E-state index is 11.5. The number of aromatic nitrogens is 2. The van der Waals surface area contributed by atoms with Gasteiger partial charge >= 0.3 is 5.97 Å². The molecule has 0 aliphatic rings. The number of para-hydroxylation sites is 2. The summed E-state index contributed by atoms with van der Waals surface area (Å²) < 4.78 is 6.96. The minimum Gasteiger partial charge on any atom is -0.465 e. The van der Waals surface area contributed by atoms with Crippen LogP contribution in [-0.4, -0.2) is 42.2 Å². The number of esters is 1. The van der Waals surface area contributed by atoms with Crippen molar-refractivity contribution < 1.29 is 9.53 Å². The largest absolute Gasteiger partial charge is 0.465 e. The van der Waals surface area contributed by atoms with Crippen LogP contribution in [0.15, 0.2) is 53.5 Å². The van der Waals surface area contributed by atoms with E-state index in [1.54, 1.807) is 19.2 Å². The number of carbonyl (C=O) groups is 1. The smallest absolute Gasteiger partial charge is 0.337 e. The number of benzene rings is 2. The summed E-state index contributed by atoms with van der Waals surface area (Å²) in [6, 6.07) is 15.5. The minimum absolute atomic E-state index is 0.331. The standard InChI is InChI=1S/C22H27N5O2/c1-16-26-19-7-4-5-8-20(19)27(16)14-6-13-24-22(23-2)25-15-17-9-11-18(12-10-17)21(28)29-3/h4-5,7-12H,6,13-15H2,1-3H3,(H2,23,24,25). The monoisotopic (exact) mass is 393 g/mol. The van der Waals surface area contributed by atoms with Gasteiger partial charge in [-0.2, -0.15) is 0 Å². The van der Waals surface area contributed by atoms with Crippen molar-refractivity contribution in [3.05, 3.63) is 65.5 Å². The fourth-order valence-corrected chi connectivity index (χ4v) is 3.21. The first-order chi connectivity index (χ1) is 14.1. The number of aliphatic imine (C=N–C) groups is 1. The number of methoxy groups -OCH3 is 1. The Morgan fingerprint density at radius 2 is 1.90 bits per heavy atom. The fraction of sp³-hybridized carbons (Fsp3) is 0.318. The summed E-state index contributed by atoms with van der Waals surface area (Å²) in [7, 11) is 3.13. The van der Waals surface area contributed by atoms with E-state index in [1.165, 1.54) is 12.6 Å². The van der Waals surface area contributed by atoms with Crippen molar-refractivity contribution in [2.75, 3.05) is 20.7 Å². The normalized spacial score (nSPS) is 11.5. The van der Waals surface area contributed by atoms with Crippen LogP contribution in [0.1, 0.15) is 28.2 Å². The van der Waals surface area contributed by atoms with Crippen molar-refractivity contribution in [3.8, 4) is 0 Å². The molecule has 0 saturated heterocycles. The van der Waals surface area contributed by atoms with Crippen molar-refractivity contribution in [2.45, 2.75) is 26.4 Å². The van der Waals surface area contributed by atoms with E-state index < -0.39 is 0 Å². The lowest BCUT2D eigenvalue weighted by Gasteiger charge is -2.13. The van der Waals surface area contributed by atoms with Crippen LogP contribution < -0.4 is 10.6 Å². The zero-order valence-electron chi connectivity index (χ0n) is 17.1. The molecular formula is C22H27N5O2. The molecule has 3 rings (SSSR count). The lowest BCUT2D eigenvalue weighted by molar-refractivity contribution is 0.0600. The number of rotatable bonds is 7. The number of guanidine groups is 1. The third-order valence-electron chi connectivity index (χ3n) is 4.75. The molecule has 7 nitrogen and oxygen atoms in total. The van der Waals surface area contributed by atoms with E-state index in [1.807, 2.05) is 37.3 Å². The summed E-state index contributed by atoms with van der Waals surface area (Å²) in [6.45, 7) is 4.35. The Morgan fingerprint density at radius 3 is 2.62 bits per heavy atom. The van der Waals surface area contributed by atoms with Crippen LogP contribution in [0.5, 0.6) is 0 Å². The highest BCUT2D eigenvalue weighted by Gasteiger charge is 2.07. The molecule has 29 heavy (non-hydrogen) atoms. The number of aryl methyl sites for hydroxylation is 2. The molecule has 2 N–H and O–H groups in total. The van der Waals surface area contributed by atoms with Gasteiger partial charge in [-0.25, -0.2) is 9.78 Å². The maximum absolute atomic E-state index is 11.5. The topological polar surface area (TPSA) is 80.5 Å². The van der Waals surface area contributed by atoms with E-state index in [2.05, 4.69) is 31.2 Å². The summed E-state index contributed by atoms with van der Waals surface area (Å²) in [4.78, 5) is 20.4. The lowest BCUT2D eigenvalue weighted by Crippen LogP contribution is -2.37. The van der Waals surface area contributed by atoms with Gasteiger partial charge in [-0.05, 0) is 43.2 Å². The second kappa shape index (κ2) is 9.73. The van der Waals surface area contributed by atoms with E-state index in [9.17, 15) is 4.79 Å². The Hall–Kier alpha value is -3.35. The summed E-state index contributed by atoms with van der Waals surface area (Å²) in [6.07, 6.45) is 0.954. The molecule has 0 radical (unpaired) electrons. The molecule has 2 aromatic carbocycles. The average molecular weight is 393 g/mol. The summed E-state index contributed by atoms with van der Waals surface area (Å²) in [5.41, 5.74) is 3.80. The molecule has 0 aliphatic carbocycles. The number of hydrogen-bond acceptors (Lipinski definition) is 4. The molecule has 0 aliphatic heterocycles. The Bertz CT molecular complexity index is 992. The third kappa shape index (κ3) is 5.13. The van der Waals surface area contributed by atoms with Crippen LogP contribution in [-0.2, 0) is 17.8 Å². The summed E-state index contributed by atoms with van der Waals surface area (Å²) >= 11 is 0. The number of nitrogens with one attached hydrogen (secondary N) is 2. The first-order valence-corrected chi connectivity index (χ1v) is 9.66. The SMILES string of the molecule is CN=C(NCCCn1c(C)nc2ccccc21)NCc1ccc(C(=O)OC)cc1. The Morgan fingerprint density at radius 1 is 1.14 bits per heavy atom. The minimum atomic E-state index is -0.331. The number of carbonyl (C=O) groups excluding carboxylic acids is 1. The predicted octanol–water partition coefficient (Wildman–Crippen LogP) is 2.89. The highest BCUT2D eigenvalue weighted by molar-refractivity contribution is 5.89. The Labute approximate surface area is 170 Å². The summed E-state index contributed by atoms with van der Waals surface area (Å²) in [5, 5.41) is 6.63. The first-order valence-electron chi connectivity index (χ1n) is 9.66. The molecular weight excluding hydrogens is 366 g/mol. The average Bonchev–Trinajstić information content (AvgIpc) is 3.08. The van der Waals surface area contributed by atoms with Gasteiger partial charge in [0.05, 0.1) is 23.7 Å². The molecule has 0 fully saturated rings. The molecule has 0 atom stereocenters. The van der Waals surface area contributed by atoms with Crippen LogP contribution in [0, 0.1) is 6.92 Å². The van der Waals surface area contributed by atoms with Crippen molar-refractivity contribution in [3.63, 3.8) is 0 Å². The maximum Gasteiger partial charge on any atom is 0.337 e. The van der Waals surface area contributed by atoms with Crippen molar-refractivity contribution >= 4 is 23.0 Å².